The van der Waals surface area contributed by atoms with Crippen molar-refractivity contribution in [2.45, 2.75) is 25.9 Å². The topological polar surface area (TPSA) is 41.1 Å². The van der Waals surface area contributed by atoms with E-state index in [1.165, 1.54) is 0 Å². The summed E-state index contributed by atoms with van der Waals surface area (Å²) >= 11 is 12.3. The van der Waals surface area contributed by atoms with Crippen molar-refractivity contribution in [2.75, 3.05) is 6.54 Å². The van der Waals surface area contributed by atoms with Gasteiger partial charge in [-0.1, -0.05) is 59.6 Å². The van der Waals surface area contributed by atoms with E-state index in [0.29, 0.717) is 10.0 Å². The SMILES string of the molecule is C[C@H](NCC(=O)N[C@@H](C)c1ccccc1Cl)c1ccccc1Cl. The molecular weight excluding hydrogens is 331 g/mol. The highest BCUT2D eigenvalue weighted by molar-refractivity contribution is 6.31. The number of nitrogens with one attached hydrogen (secondary N) is 2. The van der Waals surface area contributed by atoms with Crippen molar-refractivity contribution < 1.29 is 4.79 Å². The Hall–Kier alpha value is -1.55. The van der Waals surface area contributed by atoms with Gasteiger partial charge >= 0.3 is 0 Å². The summed E-state index contributed by atoms with van der Waals surface area (Å²) in [4.78, 5) is 12.1. The second-order valence-corrected chi connectivity index (χ2v) is 6.25. The Balaban J connectivity index is 1.88. The normalized spacial score (nSPS) is 13.4. The van der Waals surface area contributed by atoms with Gasteiger partial charge in [0.2, 0.25) is 5.91 Å². The van der Waals surface area contributed by atoms with Gasteiger partial charge in [0.25, 0.3) is 0 Å². The van der Waals surface area contributed by atoms with E-state index in [-0.39, 0.29) is 24.5 Å². The van der Waals surface area contributed by atoms with Gasteiger partial charge in [0.1, 0.15) is 0 Å². The lowest BCUT2D eigenvalue weighted by Crippen LogP contribution is -2.36. The lowest BCUT2D eigenvalue weighted by molar-refractivity contribution is -0.121. The minimum Gasteiger partial charge on any atom is -0.348 e. The van der Waals surface area contributed by atoms with Crippen molar-refractivity contribution in [3.63, 3.8) is 0 Å². The average Bonchev–Trinajstić information content (AvgIpc) is 2.53. The lowest BCUT2D eigenvalue weighted by Gasteiger charge is -2.18. The molecule has 0 unspecified atom stereocenters. The number of halogens is 2. The van der Waals surface area contributed by atoms with Crippen LogP contribution in [0.15, 0.2) is 48.5 Å². The quantitative estimate of drug-likeness (QED) is 0.803. The molecule has 2 atom stereocenters. The molecule has 2 rings (SSSR count). The summed E-state index contributed by atoms with van der Waals surface area (Å²) in [6, 6.07) is 15.0. The second kappa shape index (κ2) is 8.34. The Labute approximate surface area is 147 Å². The molecule has 122 valence electrons. The Kier molecular flexibility index (Phi) is 6.46. The highest BCUT2D eigenvalue weighted by atomic mass is 35.5. The molecule has 5 heteroatoms. The van der Waals surface area contributed by atoms with E-state index >= 15 is 0 Å². The van der Waals surface area contributed by atoms with Gasteiger partial charge in [-0.15, -0.1) is 0 Å². The average molecular weight is 351 g/mol. The predicted molar refractivity (Wildman–Crippen MR) is 95.9 cm³/mol. The minimum atomic E-state index is -0.145. The maximum atomic E-state index is 12.1. The van der Waals surface area contributed by atoms with Gasteiger partial charge in [0, 0.05) is 16.1 Å². The third-order valence-electron chi connectivity index (χ3n) is 3.69. The molecular formula is C18H20Cl2N2O. The molecule has 0 aliphatic heterocycles. The van der Waals surface area contributed by atoms with Crippen molar-refractivity contribution in [2.24, 2.45) is 0 Å². The van der Waals surface area contributed by atoms with E-state index in [9.17, 15) is 4.79 Å². The first kappa shape index (κ1) is 17.8. The Bertz CT molecular complexity index is 676. The molecule has 0 spiro atoms. The molecule has 1 amide bonds. The predicted octanol–water partition coefficient (Wildman–Crippen LogP) is 4.52. The summed E-state index contributed by atoms with van der Waals surface area (Å²) in [5.74, 6) is -0.0867. The maximum absolute atomic E-state index is 12.1. The lowest BCUT2D eigenvalue weighted by atomic mass is 10.1. The number of hydrogen-bond acceptors (Lipinski definition) is 2. The molecule has 2 aromatic carbocycles. The van der Waals surface area contributed by atoms with E-state index in [1.54, 1.807) is 0 Å². The van der Waals surface area contributed by atoms with Gasteiger partial charge in [-0.3, -0.25) is 4.79 Å². The number of amides is 1. The van der Waals surface area contributed by atoms with E-state index < -0.39 is 0 Å². The third-order valence-corrected chi connectivity index (χ3v) is 4.38. The van der Waals surface area contributed by atoms with Crippen LogP contribution in [0.4, 0.5) is 0 Å². The van der Waals surface area contributed by atoms with Crippen LogP contribution in [0.2, 0.25) is 10.0 Å². The monoisotopic (exact) mass is 350 g/mol. The number of benzene rings is 2. The van der Waals surface area contributed by atoms with E-state index in [0.717, 1.165) is 11.1 Å². The molecule has 2 aromatic rings. The molecule has 3 nitrogen and oxygen atoms in total. The minimum absolute atomic E-state index is 0.00920. The molecule has 0 aliphatic carbocycles. The molecule has 0 bridgehead atoms. The molecule has 0 radical (unpaired) electrons. The van der Waals surface area contributed by atoms with Crippen molar-refractivity contribution in [1.29, 1.82) is 0 Å². The fourth-order valence-electron chi connectivity index (χ4n) is 2.38. The van der Waals surface area contributed by atoms with Gasteiger partial charge in [0.15, 0.2) is 0 Å². The first-order valence-electron chi connectivity index (χ1n) is 7.50. The van der Waals surface area contributed by atoms with Crippen LogP contribution in [0, 0.1) is 0 Å². The molecule has 0 aromatic heterocycles. The zero-order valence-corrected chi connectivity index (χ0v) is 14.7. The summed E-state index contributed by atoms with van der Waals surface area (Å²) in [5.41, 5.74) is 1.88. The Morgan fingerprint density at radius 3 is 1.91 bits per heavy atom. The molecule has 0 fully saturated rings. The van der Waals surface area contributed by atoms with Crippen LogP contribution in [-0.4, -0.2) is 12.5 Å². The summed E-state index contributed by atoms with van der Waals surface area (Å²) in [7, 11) is 0. The molecule has 2 N–H and O–H groups in total. The fourth-order valence-corrected chi connectivity index (χ4v) is 2.98. The van der Waals surface area contributed by atoms with Crippen LogP contribution < -0.4 is 10.6 Å². The molecule has 0 aliphatic rings. The van der Waals surface area contributed by atoms with Gasteiger partial charge < -0.3 is 10.6 Å². The van der Waals surface area contributed by atoms with Gasteiger partial charge in [-0.2, -0.15) is 0 Å². The van der Waals surface area contributed by atoms with E-state index in [1.807, 2.05) is 62.4 Å². The van der Waals surface area contributed by atoms with Crippen molar-refractivity contribution in [3.8, 4) is 0 Å². The maximum Gasteiger partial charge on any atom is 0.234 e. The first-order chi connectivity index (χ1) is 11.0. The fraction of sp³-hybridized carbons (Fsp3) is 0.278. The van der Waals surface area contributed by atoms with E-state index in [4.69, 9.17) is 23.2 Å². The van der Waals surface area contributed by atoms with Crippen molar-refractivity contribution in [3.05, 3.63) is 69.7 Å². The van der Waals surface area contributed by atoms with Crippen LogP contribution in [0.25, 0.3) is 0 Å². The zero-order chi connectivity index (χ0) is 16.8. The second-order valence-electron chi connectivity index (χ2n) is 5.43. The van der Waals surface area contributed by atoms with Gasteiger partial charge in [0.05, 0.1) is 12.6 Å². The number of carbonyl (C=O) groups is 1. The summed E-state index contributed by atoms with van der Waals surface area (Å²) < 4.78 is 0. The molecule has 0 saturated carbocycles. The molecule has 0 saturated heterocycles. The Morgan fingerprint density at radius 2 is 1.39 bits per heavy atom. The zero-order valence-electron chi connectivity index (χ0n) is 13.1. The highest BCUT2D eigenvalue weighted by Gasteiger charge is 2.14. The Morgan fingerprint density at radius 1 is 0.913 bits per heavy atom. The standard InChI is InChI=1S/C18H20Cl2N2O/c1-12(14-7-3-5-9-16(14)19)21-11-18(23)22-13(2)15-8-4-6-10-17(15)20/h3-10,12-13,21H,11H2,1-2H3,(H,22,23)/t12-,13-/m0/s1. The summed E-state index contributed by atoms with van der Waals surface area (Å²) in [5, 5.41) is 7.46. The number of carbonyl (C=O) groups excluding carboxylic acids is 1. The van der Waals surface area contributed by atoms with Gasteiger partial charge in [-0.05, 0) is 37.1 Å². The molecule has 23 heavy (non-hydrogen) atoms. The van der Waals surface area contributed by atoms with Crippen LogP contribution >= 0.6 is 23.2 Å². The smallest absolute Gasteiger partial charge is 0.234 e. The summed E-state index contributed by atoms with van der Waals surface area (Å²) in [6.07, 6.45) is 0. The number of rotatable bonds is 6. The summed E-state index contributed by atoms with van der Waals surface area (Å²) in [6.45, 7) is 4.10. The highest BCUT2D eigenvalue weighted by Crippen LogP contribution is 2.23. The van der Waals surface area contributed by atoms with Crippen molar-refractivity contribution in [1.82, 2.24) is 10.6 Å². The van der Waals surface area contributed by atoms with E-state index in [2.05, 4.69) is 10.6 Å². The van der Waals surface area contributed by atoms with Crippen LogP contribution in [0.5, 0.6) is 0 Å². The first-order valence-corrected chi connectivity index (χ1v) is 8.26. The van der Waals surface area contributed by atoms with Crippen molar-refractivity contribution >= 4 is 29.1 Å². The largest absolute Gasteiger partial charge is 0.348 e. The van der Waals surface area contributed by atoms with Gasteiger partial charge in [-0.25, -0.2) is 0 Å². The van der Waals surface area contributed by atoms with Crippen LogP contribution in [0.1, 0.15) is 37.1 Å². The molecule has 0 heterocycles. The number of hydrogen-bond donors (Lipinski definition) is 2. The van der Waals surface area contributed by atoms with Crippen LogP contribution in [0.3, 0.4) is 0 Å². The third kappa shape index (κ3) is 4.96. The van der Waals surface area contributed by atoms with Crippen LogP contribution in [-0.2, 0) is 4.79 Å².